The van der Waals surface area contributed by atoms with E-state index in [9.17, 15) is 13.5 Å². The predicted octanol–water partition coefficient (Wildman–Crippen LogP) is 1.85. The third-order valence-corrected chi connectivity index (χ3v) is 4.52. The standard InChI is InChI=1S/C12H18O3S/c1-4-11(13)8-16(14,15)12-6-5-9(2)10(3)7-12/h5-7,11,13H,4,8H2,1-3H3. The number of rotatable bonds is 4. The number of aryl methyl sites for hydroxylation is 2. The summed E-state index contributed by atoms with van der Waals surface area (Å²) in [6, 6.07) is 5.05. The van der Waals surface area contributed by atoms with Gasteiger partial charge in [0.05, 0.1) is 16.8 Å². The summed E-state index contributed by atoms with van der Waals surface area (Å²) in [5.41, 5.74) is 2.02. The quantitative estimate of drug-likeness (QED) is 0.876. The first-order valence-corrected chi connectivity index (χ1v) is 7.00. The van der Waals surface area contributed by atoms with E-state index in [1.54, 1.807) is 25.1 Å². The molecule has 1 rings (SSSR count). The van der Waals surface area contributed by atoms with Gasteiger partial charge < -0.3 is 5.11 Å². The lowest BCUT2D eigenvalue weighted by Crippen LogP contribution is -2.20. The molecular weight excluding hydrogens is 224 g/mol. The molecule has 1 aromatic carbocycles. The van der Waals surface area contributed by atoms with Crippen molar-refractivity contribution in [3.05, 3.63) is 29.3 Å². The first-order chi connectivity index (χ1) is 7.36. The Morgan fingerprint density at radius 3 is 2.38 bits per heavy atom. The summed E-state index contributed by atoms with van der Waals surface area (Å²) in [6.07, 6.45) is -0.337. The van der Waals surface area contributed by atoms with Crippen molar-refractivity contribution in [2.24, 2.45) is 0 Å². The van der Waals surface area contributed by atoms with Crippen LogP contribution >= 0.6 is 0 Å². The Hall–Kier alpha value is -0.870. The summed E-state index contributed by atoms with van der Waals surface area (Å²) in [5, 5.41) is 9.40. The van der Waals surface area contributed by atoms with Gasteiger partial charge in [-0.2, -0.15) is 0 Å². The first kappa shape index (κ1) is 13.2. The lowest BCUT2D eigenvalue weighted by Gasteiger charge is -2.10. The van der Waals surface area contributed by atoms with E-state index in [1.165, 1.54) is 0 Å². The van der Waals surface area contributed by atoms with Crippen molar-refractivity contribution in [1.29, 1.82) is 0 Å². The van der Waals surface area contributed by atoms with E-state index in [-0.39, 0.29) is 5.75 Å². The zero-order valence-electron chi connectivity index (χ0n) is 9.90. The second-order valence-corrected chi connectivity index (χ2v) is 6.12. The van der Waals surface area contributed by atoms with Crippen molar-refractivity contribution >= 4 is 9.84 Å². The molecule has 0 aliphatic heterocycles. The van der Waals surface area contributed by atoms with Crippen LogP contribution in [0.25, 0.3) is 0 Å². The Labute approximate surface area is 97.0 Å². The van der Waals surface area contributed by atoms with Gasteiger partial charge in [0.25, 0.3) is 0 Å². The van der Waals surface area contributed by atoms with Gasteiger partial charge in [-0.15, -0.1) is 0 Å². The minimum atomic E-state index is -3.36. The van der Waals surface area contributed by atoms with Crippen LogP contribution in [0.5, 0.6) is 0 Å². The maximum absolute atomic E-state index is 11.9. The molecule has 0 saturated carbocycles. The minimum absolute atomic E-state index is 0.202. The Morgan fingerprint density at radius 2 is 1.88 bits per heavy atom. The van der Waals surface area contributed by atoms with E-state index < -0.39 is 15.9 Å². The van der Waals surface area contributed by atoms with Crippen molar-refractivity contribution in [2.45, 2.75) is 38.2 Å². The molecular formula is C12H18O3S. The average molecular weight is 242 g/mol. The SMILES string of the molecule is CCC(O)CS(=O)(=O)c1ccc(C)c(C)c1. The lowest BCUT2D eigenvalue weighted by atomic mass is 10.1. The van der Waals surface area contributed by atoms with Crippen LogP contribution in [0.3, 0.4) is 0 Å². The average Bonchev–Trinajstić information content (AvgIpc) is 2.21. The summed E-state index contributed by atoms with van der Waals surface area (Å²) >= 11 is 0. The molecule has 90 valence electrons. The molecule has 0 bridgehead atoms. The third kappa shape index (κ3) is 3.06. The molecule has 0 radical (unpaired) electrons. The molecule has 16 heavy (non-hydrogen) atoms. The van der Waals surface area contributed by atoms with Crippen LogP contribution in [-0.4, -0.2) is 25.4 Å². The van der Waals surface area contributed by atoms with Crippen molar-refractivity contribution in [3.8, 4) is 0 Å². The highest BCUT2D eigenvalue weighted by Gasteiger charge is 2.18. The van der Waals surface area contributed by atoms with Crippen LogP contribution < -0.4 is 0 Å². The Morgan fingerprint density at radius 1 is 1.25 bits per heavy atom. The smallest absolute Gasteiger partial charge is 0.180 e. The summed E-state index contributed by atoms with van der Waals surface area (Å²) < 4.78 is 23.8. The molecule has 0 amide bonds. The van der Waals surface area contributed by atoms with Gasteiger partial charge >= 0.3 is 0 Å². The van der Waals surface area contributed by atoms with Crippen molar-refractivity contribution in [3.63, 3.8) is 0 Å². The van der Waals surface area contributed by atoms with Gasteiger partial charge in [0.15, 0.2) is 9.84 Å². The highest BCUT2D eigenvalue weighted by molar-refractivity contribution is 7.91. The van der Waals surface area contributed by atoms with E-state index in [1.807, 2.05) is 13.8 Å². The van der Waals surface area contributed by atoms with Crippen LogP contribution in [0.4, 0.5) is 0 Å². The zero-order valence-corrected chi connectivity index (χ0v) is 10.7. The van der Waals surface area contributed by atoms with Gasteiger partial charge in [-0.1, -0.05) is 13.0 Å². The molecule has 1 N–H and O–H groups in total. The zero-order chi connectivity index (χ0) is 12.3. The van der Waals surface area contributed by atoms with E-state index >= 15 is 0 Å². The number of hydrogen-bond donors (Lipinski definition) is 1. The maximum atomic E-state index is 11.9. The number of benzene rings is 1. The topological polar surface area (TPSA) is 54.4 Å². The number of hydrogen-bond acceptors (Lipinski definition) is 3. The van der Waals surface area contributed by atoms with Gasteiger partial charge in [0.1, 0.15) is 0 Å². The van der Waals surface area contributed by atoms with Crippen LogP contribution in [0.1, 0.15) is 24.5 Å². The fourth-order valence-electron chi connectivity index (χ4n) is 1.37. The molecule has 0 heterocycles. The largest absolute Gasteiger partial charge is 0.392 e. The molecule has 0 spiro atoms. The van der Waals surface area contributed by atoms with Crippen LogP contribution in [0.2, 0.25) is 0 Å². The van der Waals surface area contributed by atoms with Gasteiger partial charge in [-0.05, 0) is 43.5 Å². The Bertz CT molecular complexity index is 463. The van der Waals surface area contributed by atoms with Crippen LogP contribution in [-0.2, 0) is 9.84 Å². The van der Waals surface area contributed by atoms with Crippen molar-refractivity contribution < 1.29 is 13.5 Å². The highest BCUT2D eigenvalue weighted by atomic mass is 32.2. The van der Waals surface area contributed by atoms with Crippen LogP contribution in [0.15, 0.2) is 23.1 Å². The minimum Gasteiger partial charge on any atom is -0.392 e. The van der Waals surface area contributed by atoms with E-state index in [0.717, 1.165) is 11.1 Å². The van der Waals surface area contributed by atoms with Crippen molar-refractivity contribution in [1.82, 2.24) is 0 Å². The summed E-state index contributed by atoms with van der Waals surface area (Å²) in [5.74, 6) is -0.202. The van der Waals surface area contributed by atoms with Gasteiger partial charge in [-0.3, -0.25) is 0 Å². The van der Waals surface area contributed by atoms with Gasteiger partial charge in [0, 0.05) is 0 Å². The number of aliphatic hydroxyl groups excluding tert-OH is 1. The second kappa shape index (κ2) is 4.97. The highest BCUT2D eigenvalue weighted by Crippen LogP contribution is 2.17. The summed E-state index contributed by atoms with van der Waals surface area (Å²) in [4.78, 5) is 0.295. The van der Waals surface area contributed by atoms with Gasteiger partial charge in [-0.25, -0.2) is 8.42 Å². The summed E-state index contributed by atoms with van der Waals surface area (Å²) in [7, 11) is -3.36. The number of sulfone groups is 1. The van der Waals surface area contributed by atoms with Crippen molar-refractivity contribution in [2.75, 3.05) is 5.75 Å². The molecule has 3 nitrogen and oxygen atoms in total. The number of aliphatic hydroxyl groups is 1. The summed E-state index contributed by atoms with van der Waals surface area (Å²) in [6.45, 7) is 5.58. The monoisotopic (exact) mass is 242 g/mol. The molecule has 0 fully saturated rings. The first-order valence-electron chi connectivity index (χ1n) is 5.35. The Balaban J connectivity index is 3.03. The lowest BCUT2D eigenvalue weighted by molar-refractivity contribution is 0.193. The second-order valence-electron chi connectivity index (χ2n) is 4.09. The maximum Gasteiger partial charge on any atom is 0.180 e. The van der Waals surface area contributed by atoms with E-state index in [4.69, 9.17) is 0 Å². The Kier molecular flexibility index (Phi) is 4.10. The molecule has 4 heteroatoms. The van der Waals surface area contributed by atoms with Gasteiger partial charge in [0.2, 0.25) is 0 Å². The molecule has 1 aromatic rings. The normalized spacial score (nSPS) is 13.8. The van der Waals surface area contributed by atoms with E-state index in [0.29, 0.717) is 11.3 Å². The molecule has 0 aliphatic rings. The van der Waals surface area contributed by atoms with Crippen LogP contribution in [0, 0.1) is 13.8 Å². The molecule has 0 saturated heterocycles. The molecule has 1 unspecified atom stereocenters. The van der Waals surface area contributed by atoms with E-state index in [2.05, 4.69) is 0 Å². The molecule has 0 aliphatic carbocycles. The molecule has 0 aromatic heterocycles. The fourth-order valence-corrected chi connectivity index (χ4v) is 2.94. The molecule has 1 atom stereocenters. The third-order valence-electron chi connectivity index (χ3n) is 2.72. The predicted molar refractivity (Wildman–Crippen MR) is 64.3 cm³/mol. The fraction of sp³-hybridized carbons (Fsp3) is 0.500.